The SMILES string of the molecule is CC(CP1C(O)C(O)P(CC(C)CC(C)(C)C)C(O)C1O)CC(C)(C)C. The molecule has 4 N–H and O–H groups in total. The third-order valence-electron chi connectivity index (χ3n) is 4.86. The number of rotatable bonds is 6. The largest absolute Gasteiger partial charge is 0.385 e. The van der Waals surface area contributed by atoms with E-state index in [1.807, 2.05) is 0 Å². The van der Waals surface area contributed by atoms with E-state index in [0.717, 1.165) is 12.8 Å². The zero-order valence-corrected chi connectivity index (χ0v) is 19.8. The average Bonchev–Trinajstić information content (AvgIpc) is 2.42. The second-order valence-electron chi connectivity index (χ2n) is 10.8. The first kappa shape index (κ1) is 24.7. The minimum absolute atomic E-state index is 0.187. The molecular weight excluding hydrogens is 366 g/mol. The van der Waals surface area contributed by atoms with Gasteiger partial charge in [-0.05, 0) is 63.7 Å². The zero-order chi connectivity index (χ0) is 20.4. The Morgan fingerprint density at radius 3 is 1.04 bits per heavy atom. The third-order valence-corrected chi connectivity index (χ3v) is 11.3. The molecule has 1 aliphatic rings. The first-order chi connectivity index (χ1) is 11.6. The van der Waals surface area contributed by atoms with E-state index >= 15 is 0 Å². The van der Waals surface area contributed by atoms with Crippen LogP contribution in [0.3, 0.4) is 0 Å². The summed E-state index contributed by atoms with van der Waals surface area (Å²) in [5.41, 5.74) is 0.374. The van der Waals surface area contributed by atoms with Gasteiger partial charge in [0.25, 0.3) is 0 Å². The van der Waals surface area contributed by atoms with E-state index in [-0.39, 0.29) is 10.8 Å². The summed E-state index contributed by atoms with van der Waals surface area (Å²) >= 11 is 0. The van der Waals surface area contributed by atoms with Crippen LogP contribution in [-0.2, 0) is 0 Å². The molecule has 156 valence electrons. The summed E-state index contributed by atoms with van der Waals surface area (Å²) < 4.78 is 0. The minimum Gasteiger partial charge on any atom is -0.385 e. The molecule has 6 unspecified atom stereocenters. The highest BCUT2D eigenvalue weighted by molar-refractivity contribution is 7.66. The van der Waals surface area contributed by atoms with E-state index in [0.29, 0.717) is 24.2 Å². The molecule has 1 saturated heterocycles. The van der Waals surface area contributed by atoms with E-state index in [2.05, 4.69) is 55.4 Å². The molecule has 1 fully saturated rings. The number of hydrogen-bond acceptors (Lipinski definition) is 4. The predicted molar refractivity (Wildman–Crippen MR) is 114 cm³/mol. The smallest absolute Gasteiger partial charge is 0.105 e. The predicted octanol–water partition coefficient (Wildman–Crippen LogP) is 4.38. The monoisotopic (exact) mass is 408 g/mol. The van der Waals surface area contributed by atoms with Crippen molar-refractivity contribution < 1.29 is 20.4 Å². The molecule has 0 aromatic rings. The van der Waals surface area contributed by atoms with Gasteiger partial charge >= 0.3 is 0 Å². The van der Waals surface area contributed by atoms with Gasteiger partial charge in [-0.1, -0.05) is 55.4 Å². The molecule has 6 heteroatoms. The Balaban J connectivity index is 2.78. The van der Waals surface area contributed by atoms with Gasteiger partial charge in [-0.25, -0.2) is 0 Å². The maximum atomic E-state index is 10.7. The molecule has 0 aliphatic carbocycles. The fraction of sp³-hybridized carbons (Fsp3) is 1.00. The van der Waals surface area contributed by atoms with Crippen LogP contribution in [0.25, 0.3) is 0 Å². The second kappa shape index (κ2) is 9.47. The Morgan fingerprint density at radius 1 is 0.615 bits per heavy atom. The van der Waals surface area contributed by atoms with Crippen LogP contribution in [0.4, 0.5) is 0 Å². The van der Waals surface area contributed by atoms with Crippen molar-refractivity contribution in [2.24, 2.45) is 22.7 Å². The van der Waals surface area contributed by atoms with Gasteiger partial charge in [0.15, 0.2) is 0 Å². The standard InChI is InChI=1S/C20H42O4P2/c1-13(9-19(3,4)5)11-25-15(21)17(23)26(18(24)16(25)22)12-14(2)10-20(6,7)8/h13-18,21-24H,9-12H2,1-8H3. The summed E-state index contributed by atoms with van der Waals surface area (Å²) in [6.45, 7) is 17.4. The van der Waals surface area contributed by atoms with Gasteiger partial charge in [0.1, 0.15) is 23.4 Å². The maximum Gasteiger partial charge on any atom is 0.105 e. The van der Waals surface area contributed by atoms with Crippen molar-refractivity contribution >= 4 is 15.8 Å². The molecular formula is C20H42O4P2. The summed E-state index contributed by atoms with van der Waals surface area (Å²) in [5.74, 6) is -2.88. The van der Waals surface area contributed by atoms with Gasteiger partial charge in [0.05, 0.1) is 0 Å². The molecule has 0 aromatic heterocycles. The molecule has 1 rings (SSSR count). The number of aliphatic hydroxyl groups excluding tert-OH is 4. The minimum atomic E-state index is -1.22. The van der Waals surface area contributed by atoms with Crippen LogP contribution >= 0.6 is 15.8 Å². The van der Waals surface area contributed by atoms with E-state index in [1.165, 1.54) is 0 Å². The van der Waals surface area contributed by atoms with Crippen molar-refractivity contribution in [2.45, 2.75) is 91.6 Å². The highest BCUT2D eigenvalue weighted by atomic mass is 31.1. The van der Waals surface area contributed by atoms with Crippen LogP contribution in [0.1, 0.15) is 68.2 Å². The first-order valence-corrected chi connectivity index (χ1v) is 13.2. The van der Waals surface area contributed by atoms with Crippen LogP contribution in [0.2, 0.25) is 0 Å². The lowest BCUT2D eigenvalue weighted by molar-refractivity contribution is 0.0770. The third kappa shape index (κ3) is 7.61. The molecule has 0 saturated carbocycles. The summed E-state index contributed by atoms with van der Waals surface area (Å²) in [6.07, 6.45) is 3.36. The molecule has 0 radical (unpaired) electrons. The highest BCUT2D eigenvalue weighted by Gasteiger charge is 2.48. The van der Waals surface area contributed by atoms with E-state index in [9.17, 15) is 20.4 Å². The van der Waals surface area contributed by atoms with Crippen LogP contribution in [-0.4, -0.2) is 56.1 Å². The molecule has 6 atom stereocenters. The Morgan fingerprint density at radius 2 is 0.846 bits per heavy atom. The van der Waals surface area contributed by atoms with Gasteiger partial charge < -0.3 is 20.4 Å². The van der Waals surface area contributed by atoms with Crippen molar-refractivity contribution in [3.63, 3.8) is 0 Å². The lowest BCUT2D eigenvalue weighted by atomic mass is 9.86. The van der Waals surface area contributed by atoms with Gasteiger partial charge in [0.2, 0.25) is 0 Å². The molecule has 0 spiro atoms. The summed E-state index contributed by atoms with van der Waals surface area (Å²) in [5, 5.41) is 42.9. The van der Waals surface area contributed by atoms with Gasteiger partial charge in [0, 0.05) is 0 Å². The van der Waals surface area contributed by atoms with E-state index in [1.54, 1.807) is 0 Å². The van der Waals surface area contributed by atoms with Gasteiger partial charge in [-0.15, -0.1) is 0 Å². The van der Waals surface area contributed by atoms with Crippen LogP contribution < -0.4 is 0 Å². The molecule has 0 aromatic carbocycles. The molecule has 0 bridgehead atoms. The van der Waals surface area contributed by atoms with Gasteiger partial charge in [-0.3, -0.25) is 0 Å². The first-order valence-electron chi connectivity index (χ1n) is 9.86. The molecule has 4 nitrogen and oxygen atoms in total. The van der Waals surface area contributed by atoms with Crippen molar-refractivity contribution in [3.8, 4) is 0 Å². The summed E-state index contributed by atoms with van der Waals surface area (Å²) in [7, 11) is -2.43. The normalized spacial score (nSPS) is 36.0. The topological polar surface area (TPSA) is 80.9 Å². The quantitative estimate of drug-likeness (QED) is 0.492. The fourth-order valence-electron chi connectivity index (χ4n) is 4.37. The maximum absolute atomic E-state index is 10.7. The lowest BCUT2D eigenvalue weighted by Gasteiger charge is -2.46. The zero-order valence-electron chi connectivity index (χ0n) is 18.0. The Bertz CT molecular complexity index is 377. The van der Waals surface area contributed by atoms with Crippen molar-refractivity contribution in [1.29, 1.82) is 0 Å². The number of hydrogen-bond donors (Lipinski definition) is 4. The van der Waals surface area contributed by atoms with Crippen molar-refractivity contribution in [3.05, 3.63) is 0 Å². The Hall–Kier alpha value is 0.700. The van der Waals surface area contributed by atoms with E-state index in [4.69, 9.17) is 0 Å². The number of aliphatic hydroxyl groups is 4. The van der Waals surface area contributed by atoms with Crippen molar-refractivity contribution in [2.75, 3.05) is 12.3 Å². The lowest BCUT2D eigenvalue weighted by Crippen LogP contribution is -2.43. The van der Waals surface area contributed by atoms with Crippen LogP contribution in [0.5, 0.6) is 0 Å². The molecule has 26 heavy (non-hydrogen) atoms. The van der Waals surface area contributed by atoms with Crippen molar-refractivity contribution in [1.82, 2.24) is 0 Å². The van der Waals surface area contributed by atoms with E-state index < -0.39 is 39.2 Å². The fourth-order valence-corrected chi connectivity index (χ4v) is 11.0. The molecule has 1 aliphatic heterocycles. The van der Waals surface area contributed by atoms with Crippen LogP contribution in [0.15, 0.2) is 0 Å². The Labute approximate surface area is 163 Å². The highest BCUT2D eigenvalue weighted by Crippen LogP contribution is 2.65. The van der Waals surface area contributed by atoms with Crippen LogP contribution in [0, 0.1) is 22.7 Å². The summed E-state index contributed by atoms with van der Waals surface area (Å²) in [4.78, 5) is 0. The molecule has 0 amide bonds. The average molecular weight is 409 g/mol. The summed E-state index contributed by atoms with van der Waals surface area (Å²) in [6, 6.07) is 0. The molecule has 1 heterocycles. The second-order valence-corrected chi connectivity index (χ2v) is 15.7. The van der Waals surface area contributed by atoms with Gasteiger partial charge in [-0.2, -0.15) is 0 Å². The Kier molecular flexibility index (Phi) is 9.01.